The molecule has 0 aliphatic carbocycles. The fourth-order valence-corrected chi connectivity index (χ4v) is 1.08. The molecule has 0 atom stereocenters. The summed E-state index contributed by atoms with van der Waals surface area (Å²) in [5.41, 5.74) is 0. The smallest absolute Gasteiger partial charge is 0.418 e. The molecule has 1 radical (unpaired) electrons. The molecule has 0 saturated heterocycles. The third kappa shape index (κ3) is 5.22. The van der Waals surface area contributed by atoms with E-state index in [2.05, 4.69) is 4.74 Å². The van der Waals surface area contributed by atoms with Gasteiger partial charge in [-0.15, -0.1) is 0 Å². The van der Waals surface area contributed by atoms with Gasteiger partial charge in [-0.1, -0.05) is 13.8 Å². The lowest BCUT2D eigenvalue weighted by Crippen LogP contribution is -2.35. The highest BCUT2D eigenvalue weighted by atomic mass is 16.5. The summed E-state index contributed by atoms with van der Waals surface area (Å²) in [6, 6.07) is 0. The second kappa shape index (κ2) is 7.58. The third-order valence-electron chi connectivity index (χ3n) is 1.59. The van der Waals surface area contributed by atoms with Crippen molar-refractivity contribution in [3.63, 3.8) is 0 Å². The van der Waals surface area contributed by atoms with Crippen LogP contribution in [0, 0.1) is 0 Å². The van der Waals surface area contributed by atoms with E-state index in [1.165, 1.54) is 6.47 Å². The van der Waals surface area contributed by atoms with Gasteiger partial charge in [0.05, 0.1) is 0 Å². The maximum atomic E-state index is 11.3. The van der Waals surface area contributed by atoms with Gasteiger partial charge in [0.1, 0.15) is 0 Å². The number of hydrogen-bond donors (Lipinski definition) is 0. The molecule has 4 nitrogen and oxygen atoms in total. The number of hydrogen-bond acceptors (Lipinski definition) is 3. The Balaban J connectivity index is 3.86. The molecule has 0 fully saturated rings. The van der Waals surface area contributed by atoms with Gasteiger partial charge in [-0.3, -0.25) is 4.79 Å². The number of amides is 1. The molecule has 0 rings (SSSR count). The van der Waals surface area contributed by atoms with Gasteiger partial charge in [-0.25, -0.2) is 4.79 Å². The quantitative estimate of drug-likeness (QED) is 0.588. The monoisotopic (exact) mass is 186 g/mol. The second-order valence-corrected chi connectivity index (χ2v) is 2.75. The molecule has 75 valence electrons. The molecular formula is C9H16NO3. The molecule has 1 amide bonds. The van der Waals surface area contributed by atoms with Crippen LogP contribution in [0.4, 0.5) is 0 Å². The molecule has 0 bridgehead atoms. The molecule has 0 aromatic carbocycles. The Morgan fingerprint density at radius 3 is 2.23 bits per heavy atom. The van der Waals surface area contributed by atoms with Crippen LogP contribution in [0.5, 0.6) is 0 Å². The zero-order chi connectivity index (χ0) is 10.1. The highest BCUT2D eigenvalue weighted by Gasteiger charge is 2.11. The largest absolute Gasteiger partial charge is 0.447 e. The summed E-state index contributed by atoms with van der Waals surface area (Å²) < 4.78 is 4.27. The van der Waals surface area contributed by atoms with Gasteiger partial charge in [0.25, 0.3) is 5.91 Å². The first-order valence-corrected chi connectivity index (χ1v) is 4.52. The van der Waals surface area contributed by atoms with Crippen LogP contribution < -0.4 is 0 Å². The molecule has 0 N–H and O–H groups in total. The molecule has 0 heterocycles. The molecular weight excluding hydrogens is 170 g/mol. The van der Waals surface area contributed by atoms with Crippen LogP contribution in [-0.4, -0.2) is 37.0 Å². The van der Waals surface area contributed by atoms with Crippen molar-refractivity contribution in [2.24, 2.45) is 0 Å². The van der Waals surface area contributed by atoms with Gasteiger partial charge >= 0.3 is 6.47 Å². The maximum Gasteiger partial charge on any atom is 0.418 e. The Bertz CT molecular complexity index is 153. The summed E-state index contributed by atoms with van der Waals surface area (Å²) in [7, 11) is 0. The molecule has 0 saturated carbocycles. The first-order valence-electron chi connectivity index (χ1n) is 4.52. The summed E-state index contributed by atoms with van der Waals surface area (Å²) in [5, 5.41) is 0. The average molecular weight is 186 g/mol. The zero-order valence-electron chi connectivity index (χ0n) is 8.21. The van der Waals surface area contributed by atoms with E-state index in [1.54, 1.807) is 4.90 Å². The summed E-state index contributed by atoms with van der Waals surface area (Å²) in [6.07, 6.45) is 1.83. The van der Waals surface area contributed by atoms with Crippen LogP contribution in [-0.2, 0) is 14.3 Å². The van der Waals surface area contributed by atoms with Crippen molar-refractivity contribution < 1.29 is 14.3 Å². The number of rotatable bonds is 7. The number of ether oxygens (including phenoxy) is 1. The fourth-order valence-electron chi connectivity index (χ4n) is 1.08. The standard InChI is InChI=1S/C9H16NO3/c1-3-5-10(6-4-2)9(12)7-13-8-11/h3-7H2,1-2H3. The number of carbonyl (C=O) groups is 1. The summed E-state index contributed by atoms with van der Waals surface area (Å²) in [5.74, 6) is -0.146. The van der Waals surface area contributed by atoms with Gasteiger partial charge in [-0.2, -0.15) is 0 Å². The van der Waals surface area contributed by atoms with Gasteiger partial charge in [0.2, 0.25) is 0 Å². The normalized spacial score (nSPS) is 9.38. The van der Waals surface area contributed by atoms with Crippen molar-refractivity contribution in [1.82, 2.24) is 4.90 Å². The predicted molar refractivity (Wildman–Crippen MR) is 48.8 cm³/mol. The summed E-state index contributed by atoms with van der Waals surface area (Å²) in [4.78, 5) is 22.7. The predicted octanol–water partition coefficient (Wildman–Crippen LogP) is 0.719. The molecule has 4 heteroatoms. The molecule has 0 unspecified atom stereocenters. The van der Waals surface area contributed by atoms with E-state index in [4.69, 9.17) is 0 Å². The van der Waals surface area contributed by atoms with E-state index in [0.717, 1.165) is 25.9 Å². The highest BCUT2D eigenvalue weighted by molar-refractivity contribution is 5.78. The average Bonchev–Trinajstić information content (AvgIpc) is 2.14. The Morgan fingerprint density at radius 2 is 1.85 bits per heavy atom. The van der Waals surface area contributed by atoms with Crippen LogP contribution in [0.3, 0.4) is 0 Å². The van der Waals surface area contributed by atoms with Crippen LogP contribution in [0.25, 0.3) is 0 Å². The molecule has 0 spiro atoms. The molecule has 13 heavy (non-hydrogen) atoms. The first kappa shape index (κ1) is 11.9. The topological polar surface area (TPSA) is 46.6 Å². The van der Waals surface area contributed by atoms with Crippen LogP contribution >= 0.6 is 0 Å². The Labute approximate surface area is 78.9 Å². The summed E-state index contributed by atoms with van der Waals surface area (Å²) >= 11 is 0. The molecule has 0 aromatic rings. The lowest BCUT2D eigenvalue weighted by molar-refractivity contribution is -0.133. The van der Waals surface area contributed by atoms with Crippen molar-refractivity contribution in [1.29, 1.82) is 0 Å². The Hall–Kier alpha value is -1.06. The minimum atomic E-state index is -0.191. The van der Waals surface area contributed by atoms with E-state index >= 15 is 0 Å². The van der Waals surface area contributed by atoms with Crippen LogP contribution in [0.15, 0.2) is 0 Å². The van der Waals surface area contributed by atoms with E-state index < -0.39 is 0 Å². The van der Waals surface area contributed by atoms with Crippen LogP contribution in [0.1, 0.15) is 26.7 Å². The molecule has 0 aromatic heterocycles. The van der Waals surface area contributed by atoms with Crippen molar-refractivity contribution in [3.8, 4) is 0 Å². The lowest BCUT2D eigenvalue weighted by Gasteiger charge is -2.20. The van der Waals surface area contributed by atoms with E-state index in [-0.39, 0.29) is 12.5 Å². The zero-order valence-corrected chi connectivity index (χ0v) is 8.21. The molecule has 0 aliphatic rings. The van der Waals surface area contributed by atoms with Crippen molar-refractivity contribution in [3.05, 3.63) is 0 Å². The minimum absolute atomic E-state index is 0.146. The van der Waals surface area contributed by atoms with E-state index in [1.807, 2.05) is 13.8 Å². The number of carbonyl (C=O) groups excluding carboxylic acids is 2. The Morgan fingerprint density at radius 1 is 1.31 bits per heavy atom. The van der Waals surface area contributed by atoms with E-state index in [0.29, 0.717) is 0 Å². The Kier molecular flexibility index (Phi) is 6.96. The highest BCUT2D eigenvalue weighted by Crippen LogP contribution is 1.95. The van der Waals surface area contributed by atoms with Gasteiger partial charge in [-0.05, 0) is 12.8 Å². The van der Waals surface area contributed by atoms with Crippen LogP contribution in [0.2, 0.25) is 0 Å². The fraction of sp³-hybridized carbons (Fsp3) is 0.778. The van der Waals surface area contributed by atoms with Crippen molar-refractivity contribution >= 4 is 12.4 Å². The van der Waals surface area contributed by atoms with Gasteiger partial charge in [0, 0.05) is 13.1 Å². The van der Waals surface area contributed by atoms with Gasteiger partial charge < -0.3 is 9.64 Å². The number of nitrogens with zero attached hydrogens (tertiary/aromatic N) is 1. The van der Waals surface area contributed by atoms with Gasteiger partial charge in [0.15, 0.2) is 6.61 Å². The second-order valence-electron chi connectivity index (χ2n) is 2.75. The lowest BCUT2D eigenvalue weighted by atomic mass is 10.3. The summed E-state index contributed by atoms with van der Waals surface area (Å²) in [6.45, 7) is 6.49. The minimum Gasteiger partial charge on any atom is -0.447 e. The molecule has 0 aliphatic heterocycles. The van der Waals surface area contributed by atoms with Crippen molar-refractivity contribution in [2.75, 3.05) is 19.7 Å². The van der Waals surface area contributed by atoms with E-state index in [9.17, 15) is 9.59 Å². The third-order valence-corrected chi connectivity index (χ3v) is 1.59. The maximum absolute atomic E-state index is 11.3. The van der Waals surface area contributed by atoms with Crippen molar-refractivity contribution in [2.45, 2.75) is 26.7 Å². The first-order chi connectivity index (χ1) is 6.26. The SMILES string of the molecule is CCCN(CCC)C(=O)CO[C]=O.